The Balaban J connectivity index is 2.41. The number of benzene rings is 1. The van der Waals surface area contributed by atoms with Crippen molar-refractivity contribution in [3.8, 4) is 6.07 Å². The van der Waals surface area contributed by atoms with Gasteiger partial charge in [-0.2, -0.15) is 18.8 Å². The van der Waals surface area contributed by atoms with Crippen molar-refractivity contribution >= 4 is 27.3 Å². The summed E-state index contributed by atoms with van der Waals surface area (Å²) in [5.74, 6) is 0. The Morgan fingerprint density at radius 1 is 1.39 bits per heavy atom. The van der Waals surface area contributed by atoms with Gasteiger partial charge in [-0.25, -0.2) is 0 Å². The number of anilines is 1. The van der Waals surface area contributed by atoms with Gasteiger partial charge in [0.1, 0.15) is 6.07 Å². The van der Waals surface area contributed by atoms with E-state index in [4.69, 9.17) is 16.9 Å². The summed E-state index contributed by atoms with van der Waals surface area (Å²) in [5.41, 5.74) is 0.307. The number of rotatable bonds is 3. The predicted octanol–water partition coefficient (Wildman–Crippen LogP) is 1.74. The fourth-order valence-corrected chi connectivity index (χ4v) is 2.44. The maximum atomic E-state index is 11.9. The molecule has 0 aliphatic rings. The molecule has 0 bridgehead atoms. The molecule has 0 radical (unpaired) electrons. The molecule has 0 atom stereocenters. The van der Waals surface area contributed by atoms with Gasteiger partial charge in [0, 0.05) is 5.02 Å². The summed E-state index contributed by atoms with van der Waals surface area (Å²) >= 11 is 5.76. The molecule has 6 nitrogen and oxygen atoms in total. The topological polar surface area (TPSA) is 98.6 Å². The third kappa shape index (κ3) is 2.45. The van der Waals surface area contributed by atoms with Crippen LogP contribution >= 0.6 is 11.6 Å². The fraction of sp³-hybridized carbons (Fsp3) is 0. The highest BCUT2D eigenvalue weighted by Gasteiger charge is 2.17. The molecule has 1 heterocycles. The molecule has 0 unspecified atom stereocenters. The molecule has 1 aromatic carbocycles. The highest BCUT2D eigenvalue weighted by Crippen LogP contribution is 2.22. The molecule has 2 rings (SSSR count). The maximum Gasteiger partial charge on any atom is 0.278 e. The van der Waals surface area contributed by atoms with Crippen molar-refractivity contribution in [1.82, 2.24) is 10.2 Å². The van der Waals surface area contributed by atoms with Gasteiger partial charge in [-0.05, 0) is 24.3 Å². The molecular weight excluding hydrogens is 276 g/mol. The Bertz CT molecular complexity index is 704. The zero-order chi connectivity index (χ0) is 13.2. The molecule has 0 aliphatic carbocycles. The Hall–Kier alpha value is -2.04. The Morgan fingerprint density at radius 2 is 2.17 bits per heavy atom. The summed E-state index contributed by atoms with van der Waals surface area (Å²) in [6.07, 6.45) is 1.32. The minimum absolute atomic E-state index is 0.0913. The molecular formula is C10H7ClN4O2S. The third-order valence-electron chi connectivity index (χ3n) is 2.11. The SMILES string of the molecule is N#Cc1ccc(Cl)cc1NS(=O)(=O)c1ccn[nH]1. The van der Waals surface area contributed by atoms with E-state index < -0.39 is 10.0 Å². The Morgan fingerprint density at radius 3 is 2.78 bits per heavy atom. The largest absolute Gasteiger partial charge is 0.278 e. The summed E-state index contributed by atoms with van der Waals surface area (Å²) in [5, 5.41) is 15.0. The zero-order valence-corrected chi connectivity index (χ0v) is 10.5. The lowest BCUT2D eigenvalue weighted by Crippen LogP contribution is -2.14. The van der Waals surface area contributed by atoms with E-state index in [-0.39, 0.29) is 16.3 Å². The monoisotopic (exact) mass is 282 g/mol. The molecule has 1 aromatic heterocycles. The number of nitrogens with zero attached hydrogens (tertiary/aromatic N) is 2. The van der Waals surface area contributed by atoms with Gasteiger partial charge < -0.3 is 0 Å². The van der Waals surface area contributed by atoms with Crippen molar-refractivity contribution in [3.05, 3.63) is 41.0 Å². The Labute approximate surface area is 108 Å². The lowest BCUT2D eigenvalue weighted by Gasteiger charge is -2.08. The number of aromatic nitrogens is 2. The van der Waals surface area contributed by atoms with E-state index in [9.17, 15) is 8.42 Å². The van der Waals surface area contributed by atoms with Crippen molar-refractivity contribution in [3.63, 3.8) is 0 Å². The third-order valence-corrected chi connectivity index (χ3v) is 3.64. The molecule has 92 valence electrons. The highest BCUT2D eigenvalue weighted by molar-refractivity contribution is 7.92. The fourth-order valence-electron chi connectivity index (χ4n) is 1.29. The van der Waals surface area contributed by atoms with E-state index in [1.54, 1.807) is 0 Å². The smallest absolute Gasteiger partial charge is 0.277 e. The Kier molecular flexibility index (Phi) is 3.23. The number of hydrogen-bond acceptors (Lipinski definition) is 4. The van der Waals surface area contributed by atoms with E-state index in [0.29, 0.717) is 5.02 Å². The molecule has 0 saturated carbocycles. The summed E-state index contributed by atoms with van der Waals surface area (Å²) in [6, 6.07) is 7.50. The molecule has 0 amide bonds. The minimum atomic E-state index is -3.80. The quantitative estimate of drug-likeness (QED) is 0.895. The van der Waals surface area contributed by atoms with Gasteiger partial charge in [0.05, 0.1) is 17.4 Å². The number of sulfonamides is 1. The van der Waals surface area contributed by atoms with Gasteiger partial charge in [0.25, 0.3) is 10.0 Å². The molecule has 2 N–H and O–H groups in total. The van der Waals surface area contributed by atoms with E-state index in [1.165, 1.54) is 30.5 Å². The van der Waals surface area contributed by atoms with E-state index >= 15 is 0 Å². The number of aromatic amines is 1. The van der Waals surface area contributed by atoms with Crippen LogP contribution in [0, 0.1) is 11.3 Å². The number of hydrogen-bond donors (Lipinski definition) is 2. The van der Waals surface area contributed by atoms with Crippen LogP contribution in [-0.2, 0) is 10.0 Å². The van der Waals surface area contributed by atoms with E-state index in [0.717, 1.165) is 0 Å². The summed E-state index contributed by atoms with van der Waals surface area (Å²) in [4.78, 5) is 0. The average Bonchev–Trinajstić information content (AvgIpc) is 2.83. The molecule has 2 aromatic rings. The van der Waals surface area contributed by atoms with Crippen molar-refractivity contribution in [1.29, 1.82) is 5.26 Å². The molecule has 0 fully saturated rings. The van der Waals surface area contributed by atoms with Crippen LogP contribution in [0.3, 0.4) is 0 Å². The standard InChI is InChI=1S/C10H7ClN4O2S/c11-8-2-1-7(6-12)9(5-8)15-18(16,17)10-3-4-13-14-10/h1-5,15H,(H,13,14). The van der Waals surface area contributed by atoms with Crippen molar-refractivity contribution in [2.24, 2.45) is 0 Å². The van der Waals surface area contributed by atoms with Gasteiger partial charge in [0.2, 0.25) is 0 Å². The first kappa shape index (κ1) is 12.4. The summed E-state index contributed by atoms with van der Waals surface area (Å²) in [6.45, 7) is 0. The lowest BCUT2D eigenvalue weighted by molar-refractivity contribution is 0.597. The van der Waals surface area contributed by atoms with Gasteiger partial charge >= 0.3 is 0 Å². The summed E-state index contributed by atoms with van der Waals surface area (Å²) < 4.78 is 26.1. The molecule has 0 aliphatic heterocycles. The molecule has 0 saturated heterocycles. The zero-order valence-electron chi connectivity index (χ0n) is 8.88. The lowest BCUT2D eigenvalue weighted by atomic mass is 10.2. The summed E-state index contributed by atoms with van der Waals surface area (Å²) in [7, 11) is -3.80. The molecule has 0 spiro atoms. The minimum Gasteiger partial charge on any atom is -0.277 e. The van der Waals surface area contributed by atoms with Crippen molar-refractivity contribution in [2.45, 2.75) is 5.03 Å². The second-order valence-corrected chi connectivity index (χ2v) is 5.42. The first-order chi connectivity index (χ1) is 8.53. The van der Waals surface area contributed by atoms with Gasteiger partial charge in [0.15, 0.2) is 5.03 Å². The second kappa shape index (κ2) is 4.68. The van der Waals surface area contributed by atoms with E-state index in [2.05, 4.69) is 14.9 Å². The number of H-pyrrole nitrogens is 1. The van der Waals surface area contributed by atoms with Crippen LogP contribution in [0.15, 0.2) is 35.5 Å². The average molecular weight is 283 g/mol. The van der Waals surface area contributed by atoms with Gasteiger partial charge in [-0.3, -0.25) is 9.82 Å². The predicted molar refractivity (Wildman–Crippen MR) is 65.6 cm³/mol. The first-order valence-electron chi connectivity index (χ1n) is 4.75. The normalized spacial score (nSPS) is 10.9. The second-order valence-electron chi connectivity index (χ2n) is 3.33. The molecule has 8 heteroatoms. The van der Waals surface area contributed by atoms with Gasteiger partial charge in [-0.1, -0.05) is 11.6 Å². The van der Waals surface area contributed by atoms with Crippen LogP contribution in [0.5, 0.6) is 0 Å². The van der Waals surface area contributed by atoms with Crippen LogP contribution in [0.25, 0.3) is 0 Å². The van der Waals surface area contributed by atoms with Crippen LogP contribution in [0.1, 0.15) is 5.56 Å². The number of nitriles is 1. The number of nitrogens with one attached hydrogen (secondary N) is 2. The molecule has 18 heavy (non-hydrogen) atoms. The first-order valence-corrected chi connectivity index (χ1v) is 6.61. The van der Waals surface area contributed by atoms with E-state index in [1.807, 2.05) is 6.07 Å². The van der Waals surface area contributed by atoms with Gasteiger partial charge in [-0.15, -0.1) is 0 Å². The maximum absolute atomic E-state index is 11.9. The van der Waals surface area contributed by atoms with Crippen molar-refractivity contribution in [2.75, 3.05) is 4.72 Å². The van der Waals surface area contributed by atoms with Crippen LogP contribution < -0.4 is 4.72 Å². The van der Waals surface area contributed by atoms with Crippen molar-refractivity contribution < 1.29 is 8.42 Å². The highest BCUT2D eigenvalue weighted by atomic mass is 35.5. The van der Waals surface area contributed by atoms with Crippen LogP contribution in [0.4, 0.5) is 5.69 Å². The van der Waals surface area contributed by atoms with Crippen LogP contribution in [-0.4, -0.2) is 18.6 Å². The van der Waals surface area contributed by atoms with Crippen LogP contribution in [0.2, 0.25) is 5.02 Å². The number of halogens is 1.